The highest BCUT2D eigenvalue weighted by atomic mass is 19.1. The van der Waals surface area contributed by atoms with Gasteiger partial charge in [0, 0.05) is 13.2 Å². The van der Waals surface area contributed by atoms with Crippen LogP contribution in [-0.4, -0.2) is 43.5 Å². The van der Waals surface area contributed by atoms with E-state index in [2.05, 4.69) is 10.6 Å². The number of furan rings is 1. The predicted molar refractivity (Wildman–Crippen MR) is 126 cm³/mol. The fourth-order valence-electron chi connectivity index (χ4n) is 3.97. The minimum Gasteiger partial charge on any atom is -0.459 e. The Bertz CT molecular complexity index is 1150. The number of hydrogen-bond acceptors (Lipinski definition) is 5. The van der Waals surface area contributed by atoms with Crippen molar-refractivity contribution in [3.63, 3.8) is 0 Å². The summed E-state index contributed by atoms with van der Waals surface area (Å²) in [6, 6.07) is 16.2. The molecule has 0 radical (unpaired) electrons. The number of benzene rings is 2. The fourth-order valence-corrected chi connectivity index (χ4v) is 3.97. The van der Waals surface area contributed by atoms with Gasteiger partial charge >= 0.3 is 0 Å². The summed E-state index contributed by atoms with van der Waals surface area (Å²) in [7, 11) is 0. The Kier molecular flexibility index (Phi) is 7.89. The van der Waals surface area contributed by atoms with E-state index in [1.807, 2.05) is 0 Å². The van der Waals surface area contributed by atoms with Crippen molar-refractivity contribution in [1.29, 1.82) is 0 Å². The van der Waals surface area contributed by atoms with Gasteiger partial charge in [-0.15, -0.1) is 0 Å². The van der Waals surface area contributed by atoms with Gasteiger partial charge in [-0.3, -0.25) is 19.3 Å². The minimum absolute atomic E-state index is 0.0316. The van der Waals surface area contributed by atoms with Gasteiger partial charge in [0.15, 0.2) is 5.76 Å². The third-order valence-corrected chi connectivity index (χ3v) is 5.68. The number of hydrogen-bond donors (Lipinski definition) is 2. The van der Waals surface area contributed by atoms with Crippen LogP contribution < -0.4 is 15.5 Å². The van der Waals surface area contributed by atoms with E-state index in [9.17, 15) is 18.8 Å². The smallest absolute Gasteiger partial charge is 0.287 e. The largest absolute Gasteiger partial charge is 0.459 e. The molecule has 0 unspecified atom stereocenters. The van der Waals surface area contributed by atoms with Crippen LogP contribution >= 0.6 is 0 Å². The average Bonchev–Trinajstić information content (AvgIpc) is 3.60. The SMILES string of the molecule is O=C(NCC(=O)N(c1ccccc1F)[C@@H](C(=O)NC[C@@H]1CCCO1)c1ccccc1)c1ccco1. The summed E-state index contributed by atoms with van der Waals surface area (Å²) in [6.45, 7) is 0.435. The molecular formula is C26H26FN3O5. The first-order valence-corrected chi connectivity index (χ1v) is 11.4. The highest BCUT2D eigenvalue weighted by Gasteiger charge is 2.34. The lowest BCUT2D eigenvalue weighted by atomic mass is 10.0. The maximum Gasteiger partial charge on any atom is 0.287 e. The molecule has 1 aliphatic heterocycles. The molecule has 3 aromatic rings. The second kappa shape index (κ2) is 11.4. The zero-order valence-corrected chi connectivity index (χ0v) is 19.0. The van der Waals surface area contributed by atoms with E-state index >= 15 is 0 Å². The van der Waals surface area contributed by atoms with Gasteiger partial charge in [0.2, 0.25) is 11.8 Å². The molecule has 1 aliphatic rings. The molecule has 3 amide bonds. The molecule has 1 fully saturated rings. The Morgan fingerprint density at radius 2 is 1.77 bits per heavy atom. The first kappa shape index (κ1) is 24.2. The molecule has 0 bridgehead atoms. The monoisotopic (exact) mass is 479 g/mol. The van der Waals surface area contributed by atoms with E-state index < -0.39 is 36.1 Å². The number of carbonyl (C=O) groups is 3. The standard InChI is InChI=1S/C26H26FN3O5/c27-20-11-4-5-12-21(20)30(23(31)17-29-25(32)22-13-7-15-35-22)24(18-8-2-1-3-9-18)26(33)28-16-19-10-6-14-34-19/h1-5,7-9,11-13,15,19,24H,6,10,14,16-17H2,(H,28,33)(H,29,32)/t19-,24+/m0/s1. The Hall–Kier alpha value is -3.98. The number of rotatable bonds is 9. The number of carbonyl (C=O) groups excluding carboxylic acids is 3. The normalized spacial score (nSPS) is 15.9. The predicted octanol–water partition coefficient (Wildman–Crippen LogP) is 3.22. The van der Waals surface area contributed by atoms with Crippen LogP contribution in [0.5, 0.6) is 0 Å². The lowest BCUT2D eigenvalue weighted by Crippen LogP contribution is -2.48. The number of anilines is 1. The van der Waals surface area contributed by atoms with Crippen molar-refractivity contribution in [1.82, 2.24) is 10.6 Å². The van der Waals surface area contributed by atoms with Crippen LogP contribution in [0.3, 0.4) is 0 Å². The van der Waals surface area contributed by atoms with Crippen LogP contribution in [0.2, 0.25) is 0 Å². The summed E-state index contributed by atoms with van der Waals surface area (Å²) in [5.74, 6) is -2.40. The number of halogens is 1. The second-order valence-electron chi connectivity index (χ2n) is 8.07. The number of amides is 3. The van der Waals surface area contributed by atoms with Crippen LogP contribution in [0.4, 0.5) is 10.1 Å². The van der Waals surface area contributed by atoms with E-state index in [-0.39, 0.29) is 24.1 Å². The lowest BCUT2D eigenvalue weighted by molar-refractivity contribution is -0.126. The molecule has 0 spiro atoms. The van der Waals surface area contributed by atoms with Crippen molar-refractivity contribution in [3.8, 4) is 0 Å². The molecule has 1 aromatic heterocycles. The van der Waals surface area contributed by atoms with Crippen molar-refractivity contribution < 1.29 is 27.9 Å². The number of ether oxygens (including phenoxy) is 1. The molecule has 0 saturated carbocycles. The number of nitrogens with one attached hydrogen (secondary N) is 2. The first-order valence-electron chi connectivity index (χ1n) is 11.4. The third kappa shape index (κ3) is 5.93. The molecule has 2 atom stereocenters. The maximum absolute atomic E-state index is 14.9. The van der Waals surface area contributed by atoms with Gasteiger partial charge in [0.25, 0.3) is 5.91 Å². The fraction of sp³-hybridized carbons (Fsp3) is 0.269. The number of nitrogens with zero attached hydrogens (tertiary/aromatic N) is 1. The molecule has 182 valence electrons. The van der Waals surface area contributed by atoms with Crippen molar-refractivity contribution >= 4 is 23.4 Å². The average molecular weight is 480 g/mol. The zero-order valence-electron chi connectivity index (χ0n) is 19.0. The van der Waals surface area contributed by atoms with Gasteiger partial charge < -0.3 is 19.8 Å². The Morgan fingerprint density at radius 3 is 2.46 bits per heavy atom. The minimum atomic E-state index is -1.18. The molecule has 0 aliphatic carbocycles. The molecule has 9 heteroatoms. The third-order valence-electron chi connectivity index (χ3n) is 5.68. The molecule has 2 aromatic carbocycles. The summed E-state index contributed by atoms with van der Waals surface area (Å²) in [5.41, 5.74) is 0.414. The van der Waals surface area contributed by atoms with E-state index in [4.69, 9.17) is 9.15 Å². The van der Waals surface area contributed by atoms with Crippen molar-refractivity contribution in [2.75, 3.05) is 24.6 Å². The Labute approximate surface area is 202 Å². The van der Waals surface area contributed by atoms with Gasteiger partial charge in [0.05, 0.1) is 24.6 Å². The second-order valence-corrected chi connectivity index (χ2v) is 8.07. The van der Waals surface area contributed by atoms with E-state index in [1.54, 1.807) is 42.5 Å². The van der Waals surface area contributed by atoms with Gasteiger partial charge in [-0.25, -0.2) is 4.39 Å². The Balaban J connectivity index is 1.64. The summed E-state index contributed by atoms with van der Waals surface area (Å²) >= 11 is 0. The van der Waals surface area contributed by atoms with Crippen molar-refractivity contribution in [3.05, 3.63) is 90.1 Å². The van der Waals surface area contributed by atoms with Crippen LogP contribution in [0.15, 0.2) is 77.4 Å². The van der Waals surface area contributed by atoms with Gasteiger partial charge in [0.1, 0.15) is 11.9 Å². The molecule has 2 heterocycles. The van der Waals surface area contributed by atoms with Gasteiger partial charge in [-0.1, -0.05) is 42.5 Å². The summed E-state index contributed by atoms with van der Waals surface area (Å²) in [6.07, 6.45) is 2.97. The molecule has 2 N–H and O–H groups in total. The van der Waals surface area contributed by atoms with Gasteiger partial charge in [-0.2, -0.15) is 0 Å². The quantitative estimate of drug-likeness (QED) is 0.491. The van der Waals surface area contributed by atoms with Crippen LogP contribution in [0, 0.1) is 5.82 Å². The molecular weight excluding hydrogens is 453 g/mol. The van der Waals surface area contributed by atoms with Crippen LogP contribution in [0.25, 0.3) is 0 Å². The zero-order chi connectivity index (χ0) is 24.6. The number of para-hydroxylation sites is 1. The lowest BCUT2D eigenvalue weighted by Gasteiger charge is -2.32. The van der Waals surface area contributed by atoms with Crippen molar-refractivity contribution in [2.45, 2.75) is 25.0 Å². The highest BCUT2D eigenvalue weighted by Crippen LogP contribution is 2.30. The topological polar surface area (TPSA) is 101 Å². The first-order chi connectivity index (χ1) is 17.0. The molecule has 8 nitrogen and oxygen atoms in total. The van der Waals surface area contributed by atoms with E-state index in [1.165, 1.54) is 30.5 Å². The molecule has 1 saturated heterocycles. The summed E-state index contributed by atoms with van der Waals surface area (Å²) < 4.78 is 25.6. The summed E-state index contributed by atoms with van der Waals surface area (Å²) in [5, 5.41) is 5.33. The van der Waals surface area contributed by atoms with Crippen LogP contribution in [-0.2, 0) is 14.3 Å². The summed E-state index contributed by atoms with van der Waals surface area (Å²) in [4.78, 5) is 40.3. The van der Waals surface area contributed by atoms with Gasteiger partial charge in [-0.05, 0) is 42.7 Å². The van der Waals surface area contributed by atoms with Crippen LogP contribution in [0.1, 0.15) is 35.0 Å². The molecule has 4 rings (SSSR count). The highest BCUT2D eigenvalue weighted by molar-refractivity contribution is 6.04. The van der Waals surface area contributed by atoms with Crippen molar-refractivity contribution in [2.24, 2.45) is 0 Å². The van der Waals surface area contributed by atoms with E-state index in [0.29, 0.717) is 12.2 Å². The van der Waals surface area contributed by atoms with E-state index in [0.717, 1.165) is 17.7 Å². The Morgan fingerprint density at radius 1 is 1.00 bits per heavy atom. The maximum atomic E-state index is 14.9. The molecule has 35 heavy (non-hydrogen) atoms.